The smallest absolute Gasteiger partial charge is 0.414 e. The summed E-state index contributed by atoms with van der Waals surface area (Å²) >= 11 is 0. The predicted octanol–water partition coefficient (Wildman–Crippen LogP) is 0.982. The van der Waals surface area contributed by atoms with Gasteiger partial charge in [0, 0.05) is 0 Å². The van der Waals surface area contributed by atoms with Crippen molar-refractivity contribution in [3.63, 3.8) is 0 Å². The molecule has 1 aliphatic carbocycles. The molecule has 1 aromatic rings. The Morgan fingerprint density at radius 2 is 1.42 bits per heavy atom. The lowest BCUT2D eigenvalue weighted by molar-refractivity contribution is -0.159. The van der Waals surface area contributed by atoms with Gasteiger partial charge in [-0.3, -0.25) is 4.79 Å². The van der Waals surface area contributed by atoms with Gasteiger partial charge in [-0.2, -0.15) is 0 Å². The fourth-order valence-electron chi connectivity index (χ4n) is 4.72. The first kappa shape index (κ1) is 28.5. The quantitative estimate of drug-likeness (QED) is 0.553. The third kappa shape index (κ3) is 7.61. The summed E-state index contributed by atoms with van der Waals surface area (Å²) in [4.78, 5) is 33.4. The molecule has 3 rings (SSSR count). The molecular formula is C22H36N2O7. The molecule has 0 radical (unpaired) electrons. The van der Waals surface area contributed by atoms with Crippen molar-refractivity contribution in [2.75, 3.05) is 19.6 Å². The fourth-order valence-corrected chi connectivity index (χ4v) is 4.72. The van der Waals surface area contributed by atoms with Crippen LogP contribution in [0.4, 0.5) is 0 Å². The van der Waals surface area contributed by atoms with Crippen LogP contribution in [0.5, 0.6) is 0 Å². The maximum atomic E-state index is 12.7. The molecule has 9 heteroatoms. The van der Waals surface area contributed by atoms with Crippen LogP contribution in [0, 0.1) is 5.92 Å². The van der Waals surface area contributed by atoms with Gasteiger partial charge >= 0.3 is 11.9 Å². The molecule has 1 unspecified atom stereocenters. The molecule has 1 aromatic carbocycles. The number of carboxylic acids is 2. The number of aliphatic carboxylic acids is 2. The average Bonchev–Trinajstić information content (AvgIpc) is 3.25. The molecule has 8 N–H and O–H groups in total. The Bertz CT molecular complexity index is 674. The lowest BCUT2D eigenvalue weighted by Crippen LogP contribution is -2.49. The lowest BCUT2D eigenvalue weighted by Gasteiger charge is -2.39. The molecule has 0 aromatic heterocycles. The van der Waals surface area contributed by atoms with Gasteiger partial charge in [0.2, 0.25) is 5.91 Å². The Hall–Kier alpha value is -2.49. The van der Waals surface area contributed by atoms with Gasteiger partial charge in [-0.1, -0.05) is 49.6 Å². The van der Waals surface area contributed by atoms with Crippen molar-refractivity contribution in [3.8, 4) is 0 Å². The molecule has 1 heterocycles. The zero-order valence-electron chi connectivity index (χ0n) is 17.9. The van der Waals surface area contributed by atoms with Crippen LogP contribution in [-0.4, -0.2) is 63.5 Å². The summed E-state index contributed by atoms with van der Waals surface area (Å²) in [6.45, 7) is 3.34. The Kier molecular flexibility index (Phi) is 12.6. The highest BCUT2D eigenvalue weighted by molar-refractivity contribution is 6.27. The summed E-state index contributed by atoms with van der Waals surface area (Å²) in [6, 6.07) is 10.3. The number of carbonyl (C=O) groups is 3. The van der Waals surface area contributed by atoms with Crippen molar-refractivity contribution in [2.24, 2.45) is 11.7 Å². The number of amides is 1. The van der Waals surface area contributed by atoms with Crippen LogP contribution in [0.1, 0.15) is 56.9 Å². The number of rotatable bonds is 6. The van der Waals surface area contributed by atoms with E-state index in [0.717, 1.165) is 31.4 Å². The van der Waals surface area contributed by atoms with E-state index >= 15 is 0 Å². The van der Waals surface area contributed by atoms with Crippen molar-refractivity contribution < 1.29 is 35.5 Å². The van der Waals surface area contributed by atoms with Crippen molar-refractivity contribution in [2.45, 2.75) is 56.8 Å². The summed E-state index contributed by atoms with van der Waals surface area (Å²) in [5.41, 5.74) is 6.70. The molecule has 1 amide bonds. The monoisotopic (exact) mass is 440 g/mol. The number of benzene rings is 1. The molecule has 31 heavy (non-hydrogen) atoms. The standard InChI is InChI=1S/C20H30N2O.C2H2O4.2H2O/c21-19(23)20(18-11-5-6-12-18,17-9-3-1-4-10-17)13-16-22-14-7-2-8-15-22;3-1(4)2(5)6;;/h1,3-4,9-10,18H,2,5-8,11-16H2,(H2,21,23);(H,3,4)(H,5,6);2*1H2. The van der Waals surface area contributed by atoms with E-state index < -0.39 is 17.4 Å². The van der Waals surface area contributed by atoms with E-state index in [-0.39, 0.29) is 16.9 Å². The first-order valence-electron chi connectivity index (χ1n) is 10.4. The zero-order valence-corrected chi connectivity index (χ0v) is 17.9. The molecule has 0 bridgehead atoms. The summed E-state index contributed by atoms with van der Waals surface area (Å²) in [5, 5.41) is 14.8. The molecule has 176 valence electrons. The summed E-state index contributed by atoms with van der Waals surface area (Å²) in [5.74, 6) is -3.36. The number of primary amides is 1. The number of likely N-dealkylation sites (tertiary alicyclic amines) is 1. The molecule has 2 fully saturated rings. The number of carboxylic acid groups (broad SMARTS) is 2. The number of nitrogens with zero attached hydrogens (tertiary/aromatic N) is 1. The average molecular weight is 441 g/mol. The first-order valence-corrected chi connectivity index (χ1v) is 10.4. The summed E-state index contributed by atoms with van der Waals surface area (Å²) in [7, 11) is 0. The topological polar surface area (TPSA) is 184 Å². The van der Waals surface area contributed by atoms with Crippen LogP contribution in [-0.2, 0) is 19.8 Å². The van der Waals surface area contributed by atoms with Crippen molar-refractivity contribution in [3.05, 3.63) is 35.9 Å². The molecule has 9 nitrogen and oxygen atoms in total. The van der Waals surface area contributed by atoms with Crippen LogP contribution < -0.4 is 5.73 Å². The van der Waals surface area contributed by atoms with Crippen molar-refractivity contribution in [1.82, 2.24) is 4.90 Å². The number of piperidine rings is 1. The minimum Gasteiger partial charge on any atom is -0.473 e. The first-order chi connectivity index (χ1) is 13.9. The predicted molar refractivity (Wildman–Crippen MR) is 117 cm³/mol. The van der Waals surface area contributed by atoms with Crippen molar-refractivity contribution in [1.29, 1.82) is 0 Å². The second-order valence-corrected chi connectivity index (χ2v) is 7.95. The van der Waals surface area contributed by atoms with E-state index in [4.69, 9.17) is 25.5 Å². The lowest BCUT2D eigenvalue weighted by atomic mass is 9.66. The maximum Gasteiger partial charge on any atom is 0.414 e. The third-order valence-electron chi connectivity index (χ3n) is 6.23. The second-order valence-electron chi connectivity index (χ2n) is 7.95. The Balaban J connectivity index is 0.000000997. The highest BCUT2D eigenvalue weighted by atomic mass is 16.4. The Labute approximate surface area is 182 Å². The Morgan fingerprint density at radius 3 is 1.87 bits per heavy atom. The minimum atomic E-state index is -1.82. The van der Waals surface area contributed by atoms with E-state index in [0.29, 0.717) is 5.92 Å². The Morgan fingerprint density at radius 1 is 0.903 bits per heavy atom. The maximum absolute atomic E-state index is 12.7. The van der Waals surface area contributed by atoms with Gasteiger partial charge < -0.3 is 31.8 Å². The van der Waals surface area contributed by atoms with E-state index in [2.05, 4.69) is 17.0 Å². The largest absolute Gasteiger partial charge is 0.473 e. The molecule has 0 spiro atoms. The van der Waals surface area contributed by atoms with Gasteiger partial charge in [-0.25, -0.2) is 9.59 Å². The molecule has 2 aliphatic rings. The molecule has 1 aliphatic heterocycles. The van der Waals surface area contributed by atoms with E-state index in [1.54, 1.807) is 0 Å². The van der Waals surface area contributed by atoms with Gasteiger partial charge in [0.15, 0.2) is 0 Å². The van der Waals surface area contributed by atoms with E-state index in [9.17, 15) is 4.79 Å². The van der Waals surface area contributed by atoms with Crippen LogP contribution in [0.25, 0.3) is 0 Å². The third-order valence-corrected chi connectivity index (χ3v) is 6.23. The zero-order chi connectivity index (χ0) is 21.3. The van der Waals surface area contributed by atoms with E-state index in [1.807, 2.05) is 18.2 Å². The van der Waals surface area contributed by atoms with E-state index in [1.165, 1.54) is 45.2 Å². The second kappa shape index (κ2) is 13.7. The van der Waals surface area contributed by atoms with Gasteiger partial charge in [-0.15, -0.1) is 0 Å². The fraction of sp³-hybridized carbons (Fsp3) is 0.591. The molecule has 1 saturated carbocycles. The van der Waals surface area contributed by atoms with Gasteiger partial charge in [0.05, 0.1) is 5.41 Å². The number of carbonyl (C=O) groups excluding carboxylic acids is 1. The highest BCUT2D eigenvalue weighted by Gasteiger charge is 2.46. The minimum absolute atomic E-state index is 0. The van der Waals surface area contributed by atoms with Crippen LogP contribution in [0.2, 0.25) is 0 Å². The molecule has 1 saturated heterocycles. The van der Waals surface area contributed by atoms with Gasteiger partial charge in [0.25, 0.3) is 0 Å². The van der Waals surface area contributed by atoms with Crippen LogP contribution >= 0.6 is 0 Å². The van der Waals surface area contributed by atoms with Gasteiger partial charge in [0.1, 0.15) is 0 Å². The number of hydrogen-bond acceptors (Lipinski definition) is 4. The number of hydrogen-bond donors (Lipinski definition) is 3. The van der Waals surface area contributed by atoms with Gasteiger partial charge in [-0.05, 0) is 63.2 Å². The van der Waals surface area contributed by atoms with Crippen molar-refractivity contribution >= 4 is 17.8 Å². The SMILES string of the molecule is NC(=O)C(CCN1CCCCC1)(c1ccccc1)C1CCCC1.O.O.O=C(O)C(=O)O. The number of nitrogens with two attached hydrogens (primary N) is 1. The van der Waals surface area contributed by atoms with Crippen LogP contribution in [0.15, 0.2) is 30.3 Å². The normalized spacial score (nSPS) is 18.3. The summed E-state index contributed by atoms with van der Waals surface area (Å²) in [6.07, 6.45) is 9.54. The highest BCUT2D eigenvalue weighted by Crippen LogP contribution is 2.44. The molecule has 1 atom stereocenters. The summed E-state index contributed by atoms with van der Waals surface area (Å²) < 4.78 is 0. The molecular weight excluding hydrogens is 404 g/mol. The van der Waals surface area contributed by atoms with Crippen LogP contribution in [0.3, 0.4) is 0 Å².